The second kappa shape index (κ2) is 6.00. The first-order valence-corrected chi connectivity index (χ1v) is 6.06. The molecule has 1 aliphatic heterocycles. The third-order valence-electron chi connectivity index (χ3n) is 3.16. The van der Waals surface area contributed by atoms with Crippen LogP contribution in [0, 0.1) is 0 Å². The highest BCUT2D eigenvalue weighted by Gasteiger charge is 2.45. The minimum Gasteiger partial charge on any atom is -0.394 e. The number of hydrogen-bond acceptors (Lipinski definition) is 5. The molecule has 1 aliphatic rings. The standard InChI is InChI=1S/C11H13F3N2O5/c12-6(13)1-4-2-16(11(20)15-9(4)19)10-7(14)8(18)5(3-17)21-10/h2,5-8,10,17-18H,1,3H2,(H,15,19,20)/t5-,7+,8-,10-/m1/s1. The van der Waals surface area contributed by atoms with Crippen LogP contribution in [0.25, 0.3) is 0 Å². The van der Waals surface area contributed by atoms with Gasteiger partial charge in [-0.3, -0.25) is 14.3 Å². The molecule has 3 N–H and O–H groups in total. The number of aliphatic hydroxyl groups excluding tert-OH is 2. The Labute approximate surface area is 115 Å². The molecule has 2 rings (SSSR count). The quantitative estimate of drug-likeness (QED) is 0.657. The first kappa shape index (κ1) is 15.7. The minimum absolute atomic E-state index is 0.415. The molecule has 21 heavy (non-hydrogen) atoms. The summed E-state index contributed by atoms with van der Waals surface area (Å²) in [6.07, 6.45) is -9.54. The van der Waals surface area contributed by atoms with E-state index in [1.54, 1.807) is 4.98 Å². The zero-order valence-corrected chi connectivity index (χ0v) is 10.6. The highest BCUT2D eigenvalue weighted by molar-refractivity contribution is 5.07. The van der Waals surface area contributed by atoms with Gasteiger partial charge in [-0.1, -0.05) is 0 Å². The van der Waals surface area contributed by atoms with Gasteiger partial charge in [0.15, 0.2) is 12.4 Å². The first-order valence-electron chi connectivity index (χ1n) is 6.06. The fourth-order valence-electron chi connectivity index (χ4n) is 2.11. The molecular formula is C11H13F3N2O5. The monoisotopic (exact) mass is 310 g/mol. The third-order valence-corrected chi connectivity index (χ3v) is 3.16. The van der Waals surface area contributed by atoms with E-state index in [4.69, 9.17) is 9.84 Å². The summed E-state index contributed by atoms with van der Waals surface area (Å²) in [5.41, 5.74) is -2.47. The normalized spacial score (nSPS) is 29.2. The predicted molar refractivity (Wildman–Crippen MR) is 62.9 cm³/mol. The summed E-state index contributed by atoms with van der Waals surface area (Å²) in [4.78, 5) is 24.8. The number of rotatable bonds is 4. The lowest BCUT2D eigenvalue weighted by atomic mass is 10.1. The lowest BCUT2D eigenvalue weighted by molar-refractivity contribution is -0.0493. The topological polar surface area (TPSA) is 105 Å². The van der Waals surface area contributed by atoms with E-state index >= 15 is 0 Å². The fourth-order valence-corrected chi connectivity index (χ4v) is 2.11. The van der Waals surface area contributed by atoms with Gasteiger partial charge in [-0.15, -0.1) is 0 Å². The maximum atomic E-state index is 13.9. The van der Waals surface area contributed by atoms with Crippen molar-refractivity contribution in [3.63, 3.8) is 0 Å². The highest BCUT2D eigenvalue weighted by atomic mass is 19.3. The number of alkyl halides is 3. The van der Waals surface area contributed by atoms with E-state index in [0.29, 0.717) is 4.57 Å². The maximum Gasteiger partial charge on any atom is 0.330 e. The number of aliphatic hydroxyl groups is 2. The number of ether oxygens (including phenoxy) is 1. The predicted octanol–water partition coefficient (Wildman–Crippen LogP) is -1.07. The molecule has 1 fully saturated rings. The number of nitrogens with zero attached hydrogens (tertiary/aromatic N) is 1. The number of hydrogen-bond donors (Lipinski definition) is 3. The van der Waals surface area contributed by atoms with Gasteiger partial charge in [0.1, 0.15) is 12.2 Å². The lowest BCUT2D eigenvalue weighted by Crippen LogP contribution is -2.37. The van der Waals surface area contributed by atoms with Crippen molar-refractivity contribution >= 4 is 0 Å². The second-order valence-electron chi connectivity index (χ2n) is 4.60. The van der Waals surface area contributed by atoms with Crippen molar-refractivity contribution in [3.8, 4) is 0 Å². The molecule has 4 atom stereocenters. The Morgan fingerprint density at radius 1 is 1.43 bits per heavy atom. The molecule has 1 aromatic rings. The summed E-state index contributed by atoms with van der Waals surface area (Å²) in [6, 6.07) is 0. The summed E-state index contributed by atoms with van der Waals surface area (Å²) < 4.78 is 44.2. The molecule has 2 heterocycles. The summed E-state index contributed by atoms with van der Waals surface area (Å²) >= 11 is 0. The SMILES string of the molecule is O=c1[nH]c(=O)n([C@@H]2O[C@H](CO)[C@@H](O)[C@@H]2F)cc1CC(F)F. The van der Waals surface area contributed by atoms with Crippen molar-refractivity contribution < 1.29 is 28.1 Å². The van der Waals surface area contributed by atoms with Crippen LogP contribution in [-0.2, 0) is 11.2 Å². The van der Waals surface area contributed by atoms with Crippen LogP contribution in [0.3, 0.4) is 0 Å². The van der Waals surface area contributed by atoms with Crippen molar-refractivity contribution in [1.82, 2.24) is 9.55 Å². The number of aromatic nitrogens is 2. The molecule has 7 nitrogen and oxygen atoms in total. The molecule has 0 saturated carbocycles. The summed E-state index contributed by atoms with van der Waals surface area (Å²) in [5.74, 6) is 0. The Hall–Kier alpha value is -1.65. The third kappa shape index (κ3) is 3.01. The number of halogens is 3. The molecule has 0 aromatic carbocycles. The van der Waals surface area contributed by atoms with E-state index in [-0.39, 0.29) is 0 Å². The van der Waals surface area contributed by atoms with Crippen LogP contribution >= 0.6 is 0 Å². The largest absolute Gasteiger partial charge is 0.394 e. The smallest absolute Gasteiger partial charge is 0.330 e. The van der Waals surface area contributed by atoms with Gasteiger partial charge in [-0.05, 0) is 0 Å². The lowest BCUT2D eigenvalue weighted by Gasteiger charge is -2.16. The Bertz CT molecular complexity index is 617. The first-order chi connectivity index (χ1) is 9.85. The highest BCUT2D eigenvalue weighted by Crippen LogP contribution is 2.30. The van der Waals surface area contributed by atoms with E-state index < -0.39 is 60.9 Å². The zero-order valence-electron chi connectivity index (χ0n) is 10.6. The van der Waals surface area contributed by atoms with Crippen LogP contribution in [0.1, 0.15) is 11.8 Å². The molecule has 1 aromatic heterocycles. The number of aromatic amines is 1. The Morgan fingerprint density at radius 3 is 2.62 bits per heavy atom. The number of nitrogens with one attached hydrogen (secondary N) is 1. The van der Waals surface area contributed by atoms with Crippen LogP contribution in [-0.4, -0.2) is 51.2 Å². The average Bonchev–Trinajstić information content (AvgIpc) is 2.69. The summed E-state index contributed by atoms with van der Waals surface area (Å²) in [5, 5.41) is 18.4. The van der Waals surface area contributed by atoms with Crippen molar-refractivity contribution in [2.75, 3.05) is 6.61 Å². The molecular weight excluding hydrogens is 297 g/mol. The Balaban J connectivity index is 2.40. The van der Waals surface area contributed by atoms with Gasteiger partial charge in [0.25, 0.3) is 5.56 Å². The van der Waals surface area contributed by atoms with Gasteiger partial charge in [0, 0.05) is 18.2 Å². The van der Waals surface area contributed by atoms with Crippen LogP contribution in [0.15, 0.2) is 15.8 Å². The Kier molecular flexibility index (Phi) is 4.49. The zero-order chi connectivity index (χ0) is 15.7. The van der Waals surface area contributed by atoms with E-state index in [1.165, 1.54) is 0 Å². The second-order valence-corrected chi connectivity index (χ2v) is 4.60. The minimum atomic E-state index is -2.82. The van der Waals surface area contributed by atoms with Gasteiger partial charge in [-0.25, -0.2) is 18.0 Å². The van der Waals surface area contributed by atoms with Crippen LogP contribution in [0.5, 0.6) is 0 Å². The van der Waals surface area contributed by atoms with E-state index in [0.717, 1.165) is 6.20 Å². The number of H-pyrrole nitrogens is 1. The van der Waals surface area contributed by atoms with Gasteiger partial charge < -0.3 is 14.9 Å². The van der Waals surface area contributed by atoms with Crippen molar-refractivity contribution in [2.24, 2.45) is 0 Å². The molecule has 0 radical (unpaired) electrons. The molecule has 0 bridgehead atoms. The summed E-state index contributed by atoms with van der Waals surface area (Å²) in [7, 11) is 0. The molecule has 0 amide bonds. The van der Waals surface area contributed by atoms with E-state index in [9.17, 15) is 27.9 Å². The van der Waals surface area contributed by atoms with Gasteiger partial charge >= 0.3 is 5.69 Å². The van der Waals surface area contributed by atoms with Crippen molar-refractivity contribution in [2.45, 2.75) is 37.5 Å². The molecule has 0 aliphatic carbocycles. The molecule has 10 heteroatoms. The van der Waals surface area contributed by atoms with Gasteiger partial charge in [0.05, 0.1) is 6.61 Å². The van der Waals surface area contributed by atoms with Crippen LogP contribution in [0.4, 0.5) is 13.2 Å². The van der Waals surface area contributed by atoms with Gasteiger partial charge in [-0.2, -0.15) is 0 Å². The molecule has 1 saturated heterocycles. The maximum absolute atomic E-state index is 13.9. The van der Waals surface area contributed by atoms with Crippen molar-refractivity contribution in [3.05, 3.63) is 32.6 Å². The summed E-state index contributed by atoms with van der Waals surface area (Å²) in [6.45, 7) is -0.680. The van der Waals surface area contributed by atoms with E-state index in [1.807, 2.05) is 0 Å². The Morgan fingerprint density at radius 2 is 2.10 bits per heavy atom. The average molecular weight is 310 g/mol. The van der Waals surface area contributed by atoms with Crippen LogP contribution < -0.4 is 11.2 Å². The van der Waals surface area contributed by atoms with Gasteiger partial charge in [0.2, 0.25) is 6.43 Å². The molecule has 118 valence electrons. The fraction of sp³-hybridized carbons (Fsp3) is 0.636. The van der Waals surface area contributed by atoms with Crippen molar-refractivity contribution in [1.29, 1.82) is 0 Å². The molecule has 0 unspecified atom stereocenters. The molecule has 0 spiro atoms. The van der Waals surface area contributed by atoms with Crippen LogP contribution in [0.2, 0.25) is 0 Å². The van der Waals surface area contributed by atoms with E-state index in [2.05, 4.69) is 0 Å².